The first-order valence-corrected chi connectivity index (χ1v) is 12.4. The number of hydrogen-bond donors (Lipinski definition) is 1. The van der Waals surface area contributed by atoms with Crippen molar-refractivity contribution in [2.75, 3.05) is 43.7 Å². The van der Waals surface area contributed by atoms with Crippen LogP contribution in [0.25, 0.3) is 0 Å². The number of carbonyl (C=O) groups is 2. The number of benzene rings is 3. The predicted molar refractivity (Wildman–Crippen MR) is 142 cm³/mol. The lowest BCUT2D eigenvalue weighted by Gasteiger charge is -2.30. The van der Waals surface area contributed by atoms with E-state index in [0.717, 1.165) is 22.8 Å². The third-order valence-corrected chi connectivity index (χ3v) is 5.85. The maximum Gasteiger partial charge on any atom is 0.265 e. The topological polar surface area (TPSA) is 86.3 Å². The standard InChI is InChI=1S/C29H32N2O6/c1-21-6-3-7-25(18-21)36-17-5-15-31-26-19-22(9-14-27(26)37-20-29(31)33)30-28(32)8-4-16-35-24-12-10-23(34-2)11-13-24/h3,6-7,9-14,18-19H,4-5,8,15-17,20H2,1-2H3,(H,30,32). The molecule has 8 heteroatoms. The maximum atomic E-state index is 12.6. The highest BCUT2D eigenvalue weighted by Crippen LogP contribution is 2.34. The zero-order valence-corrected chi connectivity index (χ0v) is 21.2. The minimum absolute atomic E-state index is 0.00830. The second kappa shape index (κ2) is 12.7. The number of ether oxygens (including phenoxy) is 4. The molecule has 3 aromatic rings. The average Bonchev–Trinajstić information content (AvgIpc) is 2.90. The van der Waals surface area contributed by atoms with Gasteiger partial charge < -0.3 is 29.2 Å². The summed E-state index contributed by atoms with van der Waals surface area (Å²) in [5, 5.41) is 2.91. The molecule has 1 aliphatic rings. The summed E-state index contributed by atoms with van der Waals surface area (Å²) in [4.78, 5) is 26.7. The first kappa shape index (κ1) is 25.9. The minimum Gasteiger partial charge on any atom is -0.497 e. The van der Waals surface area contributed by atoms with Crippen molar-refractivity contribution in [1.82, 2.24) is 0 Å². The fraction of sp³-hybridized carbons (Fsp3) is 0.310. The largest absolute Gasteiger partial charge is 0.497 e. The van der Waals surface area contributed by atoms with Crippen LogP contribution < -0.4 is 29.2 Å². The van der Waals surface area contributed by atoms with E-state index in [1.54, 1.807) is 30.2 Å². The quantitative estimate of drug-likeness (QED) is 0.350. The Hall–Kier alpha value is -4.20. The normalized spacial score (nSPS) is 12.4. The Balaban J connectivity index is 1.26. The van der Waals surface area contributed by atoms with E-state index >= 15 is 0 Å². The minimum atomic E-state index is -0.126. The highest BCUT2D eigenvalue weighted by Gasteiger charge is 2.25. The molecule has 0 saturated carbocycles. The molecule has 1 heterocycles. The molecule has 2 amide bonds. The van der Waals surface area contributed by atoms with Crippen LogP contribution in [0.15, 0.2) is 66.7 Å². The number of carbonyl (C=O) groups excluding carboxylic acids is 2. The number of fused-ring (bicyclic) bond motifs is 1. The van der Waals surface area contributed by atoms with E-state index in [1.807, 2.05) is 55.5 Å². The molecule has 0 atom stereocenters. The molecule has 0 spiro atoms. The van der Waals surface area contributed by atoms with E-state index in [-0.39, 0.29) is 18.4 Å². The van der Waals surface area contributed by atoms with Crippen molar-refractivity contribution in [3.8, 4) is 23.0 Å². The fourth-order valence-electron chi connectivity index (χ4n) is 3.96. The van der Waals surface area contributed by atoms with Gasteiger partial charge in [-0.1, -0.05) is 12.1 Å². The molecule has 0 aliphatic carbocycles. The predicted octanol–water partition coefficient (Wildman–Crippen LogP) is 5.00. The number of methoxy groups -OCH3 is 1. The van der Waals surface area contributed by atoms with Crippen LogP contribution in [0, 0.1) is 6.92 Å². The van der Waals surface area contributed by atoms with Gasteiger partial charge in [-0.05, 0) is 79.9 Å². The van der Waals surface area contributed by atoms with Crippen molar-refractivity contribution < 1.29 is 28.5 Å². The zero-order chi connectivity index (χ0) is 26.0. The Labute approximate surface area is 217 Å². The van der Waals surface area contributed by atoms with Crippen molar-refractivity contribution in [2.45, 2.75) is 26.2 Å². The van der Waals surface area contributed by atoms with Gasteiger partial charge in [0, 0.05) is 18.7 Å². The smallest absolute Gasteiger partial charge is 0.265 e. The number of hydrogen-bond acceptors (Lipinski definition) is 6. The van der Waals surface area contributed by atoms with Crippen molar-refractivity contribution >= 4 is 23.2 Å². The lowest BCUT2D eigenvalue weighted by atomic mass is 10.2. The van der Waals surface area contributed by atoms with Gasteiger partial charge in [0.2, 0.25) is 5.91 Å². The summed E-state index contributed by atoms with van der Waals surface area (Å²) >= 11 is 0. The van der Waals surface area contributed by atoms with Gasteiger partial charge in [0.05, 0.1) is 26.0 Å². The summed E-state index contributed by atoms with van der Waals surface area (Å²) in [6, 6.07) is 20.5. The van der Waals surface area contributed by atoms with Crippen molar-refractivity contribution in [3.05, 3.63) is 72.3 Å². The Bertz CT molecular complexity index is 1210. The van der Waals surface area contributed by atoms with E-state index in [1.165, 1.54) is 0 Å². The average molecular weight is 505 g/mol. The molecule has 1 aliphatic heterocycles. The van der Waals surface area contributed by atoms with Gasteiger partial charge in [-0.2, -0.15) is 0 Å². The summed E-state index contributed by atoms with van der Waals surface area (Å²) < 4.78 is 22.2. The second-order valence-corrected chi connectivity index (χ2v) is 8.71. The molecular formula is C29H32N2O6. The number of rotatable bonds is 12. The first-order valence-electron chi connectivity index (χ1n) is 12.4. The molecule has 37 heavy (non-hydrogen) atoms. The van der Waals surface area contributed by atoms with E-state index in [4.69, 9.17) is 18.9 Å². The van der Waals surface area contributed by atoms with E-state index in [0.29, 0.717) is 56.1 Å². The van der Waals surface area contributed by atoms with Crippen LogP contribution in [0.4, 0.5) is 11.4 Å². The van der Waals surface area contributed by atoms with E-state index in [9.17, 15) is 9.59 Å². The third kappa shape index (κ3) is 7.39. The van der Waals surface area contributed by atoms with Crippen molar-refractivity contribution in [2.24, 2.45) is 0 Å². The van der Waals surface area contributed by atoms with Gasteiger partial charge in [-0.25, -0.2) is 0 Å². The van der Waals surface area contributed by atoms with Gasteiger partial charge in [0.15, 0.2) is 6.61 Å². The first-order chi connectivity index (χ1) is 18.0. The van der Waals surface area contributed by atoms with Crippen molar-refractivity contribution in [1.29, 1.82) is 0 Å². The monoisotopic (exact) mass is 504 g/mol. The Morgan fingerprint density at radius 3 is 2.49 bits per heavy atom. The van der Waals surface area contributed by atoms with Crippen LogP contribution in [0.1, 0.15) is 24.8 Å². The fourth-order valence-corrected chi connectivity index (χ4v) is 3.96. The number of nitrogens with zero attached hydrogens (tertiary/aromatic N) is 1. The Morgan fingerprint density at radius 2 is 1.70 bits per heavy atom. The van der Waals surface area contributed by atoms with Gasteiger partial charge in [0.1, 0.15) is 23.0 Å². The highest BCUT2D eigenvalue weighted by atomic mass is 16.5. The van der Waals surface area contributed by atoms with Gasteiger partial charge in [-0.15, -0.1) is 0 Å². The number of aryl methyl sites for hydroxylation is 1. The van der Waals surface area contributed by atoms with Gasteiger partial charge in [-0.3, -0.25) is 9.59 Å². The Morgan fingerprint density at radius 1 is 0.946 bits per heavy atom. The maximum absolute atomic E-state index is 12.6. The molecule has 0 bridgehead atoms. The van der Waals surface area contributed by atoms with E-state index in [2.05, 4.69) is 5.32 Å². The van der Waals surface area contributed by atoms with Gasteiger partial charge >= 0.3 is 0 Å². The highest BCUT2D eigenvalue weighted by molar-refractivity contribution is 5.99. The van der Waals surface area contributed by atoms with Crippen LogP contribution >= 0.6 is 0 Å². The number of nitrogens with one attached hydrogen (secondary N) is 1. The van der Waals surface area contributed by atoms with Crippen LogP contribution in [0.5, 0.6) is 23.0 Å². The molecule has 0 fully saturated rings. The molecule has 4 rings (SSSR count). The molecule has 3 aromatic carbocycles. The number of amides is 2. The summed E-state index contributed by atoms with van der Waals surface area (Å²) in [5.74, 6) is 2.67. The summed E-state index contributed by atoms with van der Waals surface area (Å²) in [5.41, 5.74) is 2.39. The molecule has 0 aromatic heterocycles. The summed E-state index contributed by atoms with van der Waals surface area (Å²) in [6.07, 6.45) is 1.53. The second-order valence-electron chi connectivity index (χ2n) is 8.71. The molecule has 1 N–H and O–H groups in total. The molecule has 0 unspecified atom stereocenters. The van der Waals surface area contributed by atoms with Crippen LogP contribution in [0.3, 0.4) is 0 Å². The third-order valence-electron chi connectivity index (χ3n) is 5.85. The SMILES string of the molecule is COc1ccc(OCCCC(=O)Nc2ccc3c(c2)N(CCCOc2cccc(C)c2)C(=O)CO3)cc1. The lowest BCUT2D eigenvalue weighted by molar-refractivity contribution is -0.121. The van der Waals surface area contributed by atoms with Crippen LogP contribution in [-0.4, -0.2) is 45.3 Å². The molecular weight excluding hydrogens is 472 g/mol. The van der Waals surface area contributed by atoms with Crippen LogP contribution in [0.2, 0.25) is 0 Å². The lowest BCUT2D eigenvalue weighted by Crippen LogP contribution is -2.39. The molecule has 8 nitrogen and oxygen atoms in total. The summed E-state index contributed by atoms with van der Waals surface area (Å²) in [7, 11) is 1.61. The van der Waals surface area contributed by atoms with E-state index < -0.39 is 0 Å². The van der Waals surface area contributed by atoms with Crippen molar-refractivity contribution in [3.63, 3.8) is 0 Å². The Kier molecular flexibility index (Phi) is 8.86. The summed E-state index contributed by atoms with van der Waals surface area (Å²) in [6.45, 7) is 3.40. The zero-order valence-electron chi connectivity index (χ0n) is 21.2. The van der Waals surface area contributed by atoms with Crippen LogP contribution in [-0.2, 0) is 9.59 Å². The molecule has 0 saturated heterocycles. The molecule has 194 valence electrons. The van der Waals surface area contributed by atoms with Gasteiger partial charge in [0.25, 0.3) is 5.91 Å². The number of anilines is 2. The molecule has 0 radical (unpaired) electrons.